The van der Waals surface area contributed by atoms with E-state index in [1.165, 1.54) is 27.4 Å². The zero-order chi connectivity index (χ0) is 7.84. The number of halogens is 2. The number of alkyl halides is 2. The van der Waals surface area contributed by atoms with Gasteiger partial charge < -0.3 is 0 Å². The number of nitrogens with zero attached hydrogens (tertiary/aromatic N) is 2. The Labute approximate surface area is 65.1 Å². The van der Waals surface area contributed by atoms with Crippen LogP contribution in [-0.4, -0.2) is 9.38 Å². The molecule has 2 aromatic rings. The Morgan fingerprint density at radius 2 is 2.36 bits per heavy atom. The summed E-state index contributed by atoms with van der Waals surface area (Å²) < 4.78 is 25.7. The highest BCUT2D eigenvalue weighted by molar-refractivity contribution is 7.15. The Bertz CT molecular complexity index is 365. The number of hydrogen-bond acceptors (Lipinski definition) is 2. The number of rotatable bonds is 1. The van der Waals surface area contributed by atoms with E-state index in [-0.39, 0.29) is 5.69 Å². The van der Waals surface area contributed by atoms with E-state index in [9.17, 15) is 8.78 Å². The molecule has 0 atom stereocenters. The van der Waals surface area contributed by atoms with Crippen molar-refractivity contribution in [2.45, 2.75) is 6.43 Å². The van der Waals surface area contributed by atoms with Gasteiger partial charge >= 0.3 is 0 Å². The Morgan fingerprint density at radius 3 is 3.09 bits per heavy atom. The fourth-order valence-corrected chi connectivity index (χ4v) is 1.74. The van der Waals surface area contributed by atoms with Crippen molar-refractivity contribution in [1.29, 1.82) is 0 Å². The number of hydrogen-bond donors (Lipinski definition) is 0. The van der Waals surface area contributed by atoms with Gasteiger partial charge in [0.05, 0.1) is 6.20 Å². The van der Waals surface area contributed by atoms with Crippen molar-refractivity contribution in [3.8, 4) is 0 Å². The Morgan fingerprint density at radius 1 is 1.55 bits per heavy atom. The fourth-order valence-electron chi connectivity index (χ4n) is 0.898. The van der Waals surface area contributed by atoms with Crippen LogP contribution in [-0.2, 0) is 0 Å². The van der Waals surface area contributed by atoms with E-state index in [1.54, 1.807) is 6.20 Å². The molecule has 0 aliphatic carbocycles. The molecule has 0 aromatic carbocycles. The summed E-state index contributed by atoms with van der Waals surface area (Å²) in [5, 5.41) is 1.45. The monoisotopic (exact) mass is 174 g/mol. The quantitative estimate of drug-likeness (QED) is 0.648. The first kappa shape index (κ1) is 6.72. The van der Waals surface area contributed by atoms with Crippen molar-refractivity contribution in [2.24, 2.45) is 0 Å². The van der Waals surface area contributed by atoms with Gasteiger partial charge in [-0.25, -0.2) is 13.8 Å². The summed E-state index contributed by atoms with van der Waals surface area (Å²) in [4.78, 5) is 4.49. The van der Waals surface area contributed by atoms with Crippen molar-refractivity contribution in [1.82, 2.24) is 9.38 Å². The Hall–Kier alpha value is -0.970. The first-order valence-electron chi connectivity index (χ1n) is 2.96. The van der Waals surface area contributed by atoms with Gasteiger partial charge in [-0.15, -0.1) is 11.3 Å². The van der Waals surface area contributed by atoms with Gasteiger partial charge in [0.2, 0.25) is 0 Å². The molecule has 5 heteroatoms. The van der Waals surface area contributed by atoms with E-state index in [0.717, 1.165) is 4.83 Å². The molecular formula is C6H4F2N2S. The molecule has 0 aliphatic heterocycles. The molecule has 0 saturated carbocycles. The van der Waals surface area contributed by atoms with Gasteiger partial charge in [0.15, 0.2) is 0 Å². The maximum Gasteiger partial charge on any atom is 0.279 e. The third kappa shape index (κ3) is 0.920. The molecular weight excluding hydrogens is 170 g/mol. The second kappa shape index (κ2) is 2.27. The number of thiazole rings is 1. The van der Waals surface area contributed by atoms with Gasteiger partial charge in [0.1, 0.15) is 16.9 Å². The minimum absolute atomic E-state index is 0.0162. The standard InChI is InChI=1S/C6H4F2N2S/c7-6(8)4-2-11-5-1-9-3-10(4)5/h1-3,6H. The highest BCUT2D eigenvalue weighted by Crippen LogP contribution is 2.24. The lowest BCUT2D eigenvalue weighted by Gasteiger charge is -1.93. The highest BCUT2D eigenvalue weighted by atomic mass is 32.1. The van der Waals surface area contributed by atoms with Crippen molar-refractivity contribution >= 4 is 16.2 Å². The Balaban J connectivity index is 2.68. The maximum absolute atomic E-state index is 12.2. The van der Waals surface area contributed by atoms with Crippen LogP contribution < -0.4 is 0 Å². The second-order valence-electron chi connectivity index (χ2n) is 2.06. The van der Waals surface area contributed by atoms with Crippen LogP contribution in [0.5, 0.6) is 0 Å². The molecule has 0 fully saturated rings. The van der Waals surface area contributed by atoms with E-state index >= 15 is 0 Å². The normalized spacial score (nSPS) is 11.5. The van der Waals surface area contributed by atoms with Gasteiger partial charge in [0, 0.05) is 5.38 Å². The number of imidazole rings is 1. The molecule has 2 aromatic heterocycles. The smallest absolute Gasteiger partial charge is 0.279 e. The Kier molecular flexibility index (Phi) is 1.38. The molecule has 0 spiro atoms. The van der Waals surface area contributed by atoms with Crippen molar-refractivity contribution in [3.63, 3.8) is 0 Å². The molecule has 0 aliphatic rings. The number of aromatic nitrogens is 2. The lowest BCUT2D eigenvalue weighted by atomic mass is 10.5. The van der Waals surface area contributed by atoms with Crippen LogP contribution in [0.3, 0.4) is 0 Å². The van der Waals surface area contributed by atoms with Crippen LogP contribution >= 0.6 is 11.3 Å². The summed E-state index contributed by atoms with van der Waals surface area (Å²) in [5.74, 6) is 0. The van der Waals surface area contributed by atoms with Gasteiger partial charge in [-0.2, -0.15) is 0 Å². The third-order valence-electron chi connectivity index (χ3n) is 1.41. The molecule has 0 bridgehead atoms. The summed E-state index contributed by atoms with van der Waals surface area (Å²) in [6.45, 7) is 0. The van der Waals surface area contributed by atoms with Crippen LogP contribution in [0.15, 0.2) is 17.9 Å². The molecule has 0 amide bonds. The van der Waals surface area contributed by atoms with Crippen molar-refractivity contribution < 1.29 is 8.78 Å². The van der Waals surface area contributed by atoms with Crippen LogP contribution in [0.1, 0.15) is 12.1 Å². The first-order valence-corrected chi connectivity index (χ1v) is 3.84. The van der Waals surface area contributed by atoms with E-state index in [4.69, 9.17) is 0 Å². The molecule has 2 heterocycles. The largest absolute Gasteiger partial charge is 0.288 e. The van der Waals surface area contributed by atoms with Crippen LogP contribution in [0.4, 0.5) is 8.78 Å². The van der Waals surface area contributed by atoms with Crippen molar-refractivity contribution in [2.75, 3.05) is 0 Å². The second-order valence-corrected chi connectivity index (χ2v) is 2.95. The van der Waals surface area contributed by atoms with Crippen LogP contribution in [0.25, 0.3) is 4.83 Å². The van der Waals surface area contributed by atoms with E-state index in [1.807, 2.05) is 0 Å². The lowest BCUT2D eigenvalue weighted by Crippen LogP contribution is -1.88. The predicted molar refractivity (Wildman–Crippen MR) is 38.0 cm³/mol. The van der Waals surface area contributed by atoms with Gasteiger partial charge in [-0.05, 0) is 0 Å². The summed E-state index contributed by atoms with van der Waals surface area (Å²) in [6, 6.07) is 0. The molecule has 2 rings (SSSR count). The fraction of sp³-hybridized carbons (Fsp3) is 0.167. The van der Waals surface area contributed by atoms with E-state index in [0.29, 0.717) is 0 Å². The van der Waals surface area contributed by atoms with Crippen LogP contribution in [0, 0.1) is 0 Å². The molecule has 0 unspecified atom stereocenters. The summed E-state index contributed by atoms with van der Waals surface area (Å²) in [5.41, 5.74) is 0.0162. The summed E-state index contributed by atoms with van der Waals surface area (Å²) in [7, 11) is 0. The minimum Gasteiger partial charge on any atom is -0.288 e. The zero-order valence-corrected chi connectivity index (χ0v) is 6.18. The topological polar surface area (TPSA) is 17.3 Å². The van der Waals surface area contributed by atoms with Crippen molar-refractivity contribution in [3.05, 3.63) is 23.6 Å². The molecule has 0 N–H and O–H groups in total. The third-order valence-corrected chi connectivity index (χ3v) is 2.31. The molecule has 11 heavy (non-hydrogen) atoms. The molecule has 58 valence electrons. The van der Waals surface area contributed by atoms with Gasteiger partial charge in [0.25, 0.3) is 6.43 Å². The zero-order valence-electron chi connectivity index (χ0n) is 5.37. The SMILES string of the molecule is FC(F)c1csc2cncn12. The van der Waals surface area contributed by atoms with E-state index < -0.39 is 6.43 Å². The average molecular weight is 174 g/mol. The van der Waals surface area contributed by atoms with Crippen LogP contribution in [0.2, 0.25) is 0 Å². The number of fused-ring (bicyclic) bond motifs is 1. The summed E-state index contributed by atoms with van der Waals surface area (Å²) in [6.07, 6.45) is 0.544. The molecule has 2 nitrogen and oxygen atoms in total. The summed E-state index contributed by atoms with van der Waals surface area (Å²) >= 11 is 1.27. The van der Waals surface area contributed by atoms with Gasteiger partial charge in [-0.3, -0.25) is 4.40 Å². The lowest BCUT2D eigenvalue weighted by molar-refractivity contribution is 0.145. The van der Waals surface area contributed by atoms with E-state index in [2.05, 4.69) is 4.98 Å². The average Bonchev–Trinajstić information content (AvgIpc) is 2.41. The maximum atomic E-state index is 12.2. The predicted octanol–water partition coefficient (Wildman–Crippen LogP) is 2.33. The molecule has 0 saturated heterocycles. The van der Waals surface area contributed by atoms with Gasteiger partial charge in [-0.1, -0.05) is 0 Å². The highest BCUT2D eigenvalue weighted by Gasteiger charge is 2.12. The minimum atomic E-state index is -2.42. The molecule has 0 radical (unpaired) electrons. The first-order chi connectivity index (χ1) is 5.29.